The van der Waals surface area contributed by atoms with Crippen LogP contribution in [0.25, 0.3) is 0 Å². The molecule has 0 saturated heterocycles. The minimum Gasteiger partial charge on any atom is -0.489 e. The van der Waals surface area contributed by atoms with Crippen molar-refractivity contribution in [3.63, 3.8) is 0 Å². The lowest BCUT2D eigenvalue weighted by atomic mass is 10.0. The molecule has 2 aromatic rings. The van der Waals surface area contributed by atoms with Crippen LogP contribution in [0.4, 0.5) is 4.39 Å². The van der Waals surface area contributed by atoms with Crippen molar-refractivity contribution in [3.8, 4) is 5.75 Å². The highest BCUT2D eigenvalue weighted by Crippen LogP contribution is 2.19. The summed E-state index contributed by atoms with van der Waals surface area (Å²) in [5.41, 5.74) is 7.71. The number of nitrogens with two attached hydrogens (primary N) is 1. The second-order valence-electron chi connectivity index (χ2n) is 4.82. The summed E-state index contributed by atoms with van der Waals surface area (Å²) >= 11 is 0. The molecule has 0 fully saturated rings. The predicted octanol–water partition coefficient (Wildman–Crippen LogP) is 3.08. The van der Waals surface area contributed by atoms with Gasteiger partial charge in [-0.05, 0) is 36.6 Å². The highest BCUT2D eigenvalue weighted by Gasteiger charge is 2.06. The molecule has 2 rings (SSSR count). The van der Waals surface area contributed by atoms with Crippen molar-refractivity contribution >= 4 is 0 Å². The fourth-order valence-corrected chi connectivity index (χ4v) is 1.92. The minimum atomic E-state index is -0.299. The number of pyridine rings is 1. The summed E-state index contributed by atoms with van der Waals surface area (Å²) in [6.45, 7) is 2.39. The zero-order valence-corrected chi connectivity index (χ0v) is 11.6. The van der Waals surface area contributed by atoms with E-state index < -0.39 is 0 Å². The van der Waals surface area contributed by atoms with Crippen molar-refractivity contribution < 1.29 is 9.13 Å². The number of halogens is 1. The fraction of sp³-hybridized carbons (Fsp3) is 0.312. The highest BCUT2D eigenvalue weighted by molar-refractivity contribution is 5.30. The van der Waals surface area contributed by atoms with Crippen molar-refractivity contribution in [1.29, 1.82) is 0 Å². The van der Waals surface area contributed by atoms with E-state index in [1.807, 2.05) is 25.1 Å². The molecule has 20 heavy (non-hydrogen) atoms. The van der Waals surface area contributed by atoms with E-state index in [0.29, 0.717) is 18.8 Å². The van der Waals surface area contributed by atoms with Crippen LogP contribution in [0.15, 0.2) is 42.7 Å². The van der Waals surface area contributed by atoms with Gasteiger partial charge < -0.3 is 10.5 Å². The van der Waals surface area contributed by atoms with Crippen LogP contribution in [0.5, 0.6) is 5.75 Å². The zero-order chi connectivity index (χ0) is 14.4. The topological polar surface area (TPSA) is 48.1 Å². The largest absolute Gasteiger partial charge is 0.489 e. The van der Waals surface area contributed by atoms with Gasteiger partial charge in [-0.25, -0.2) is 4.39 Å². The van der Waals surface area contributed by atoms with Gasteiger partial charge in [-0.1, -0.05) is 13.0 Å². The van der Waals surface area contributed by atoms with Crippen LogP contribution in [-0.2, 0) is 13.0 Å². The molecule has 0 spiro atoms. The Morgan fingerprint density at radius 2 is 2.15 bits per heavy atom. The first-order valence-corrected chi connectivity index (χ1v) is 6.74. The summed E-state index contributed by atoms with van der Waals surface area (Å²) < 4.78 is 19.2. The Kier molecular flexibility index (Phi) is 5.07. The number of nitrogens with zero attached hydrogens (tertiary/aromatic N) is 1. The van der Waals surface area contributed by atoms with Gasteiger partial charge in [0.25, 0.3) is 0 Å². The lowest BCUT2D eigenvalue weighted by molar-refractivity contribution is 0.303. The van der Waals surface area contributed by atoms with Crippen molar-refractivity contribution in [3.05, 3.63) is 59.7 Å². The number of aromatic nitrogens is 1. The van der Waals surface area contributed by atoms with Crippen LogP contribution in [0.2, 0.25) is 0 Å². The maximum Gasteiger partial charge on any atom is 0.127 e. The van der Waals surface area contributed by atoms with Gasteiger partial charge in [0.1, 0.15) is 18.2 Å². The average Bonchev–Trinajstić information content (AvgIpc) is 2.45. The Hall–Kier alpha value is -1.94. The second-order valence-corrected chi connectivity index (χ2v) is 4.82. The van der Waals surface area contributed by atoms with E-state index in [0.717, 1.165) is 17.5 Å². The quantitative estimate of drug-likeness (QED) is 0.880. The molecule has 1 unspecified atom stereocenters. The smallest absolute Gasteiger partial charge is 0.127 e. The van der Waals surface area contributed by atoms with E-state index in [-0.39, 0.29) is 11.9 Å². The first-order valence-electron chi connectivity index (χ1n) is 6.74. The lowest BCUT2D eigenvalue weighted by Crippen LogP contribution is -2.21. The summed E-state index contributed by atoms with van der Waals surface area (Å²) in [5, 5.41) is 0. The Labute approximate surface area is 118 Å². The standard InChI is InChI=1S/C16H19FN2O/c1-2-15(18)7-13-6-14(17)9-16(8-13)20-11-12-4-3-5-19-10-12/h3-6,8-10,15H,2,7,11,18H2,1H3. The monoisotopic (exact) mass is 274 g/mol. The molecule has 1 aromatic heterocycles. The van der Waals surface area contributed by atoms with Crippen LogP contribution < -0.4 is 10.5 Å². The first kappa shape index (κ1) is 14.5. The van der Waals surface area contributed by atoms with Crippen LogP contribution >= 0.6 is 0 Å². The molecule has 0 amide bonds. The third-order valence-corrected chi connectivity index (χ3v) is 3.08. The SMILES string of the molecule is CCC(N)Cc1cc(F)cc(OCc2cccnc2)c1. The first-order chi connectivity index (χ1) is 9.67. The number of hydrogen-bond acceptors (Lipinski definition) is 3. The molecule has 2 N–H and O–H groups in total. The summed E-state index contributed by atoms with van der Waals surface area (Å²) in [6.07, 6.45) is 4.95. The third kappa shape index (κ3) is 4.31. The molecule has 1 aromatic carbocycles. The van der Waals surface area contributed by atoms with E-state index in [2.05, 4.69) is 4.98 Å². The van der Waals surface area contributed by atoms with Gasteiger partial charge in [-0.2, -0.15) is 0 Å². The van der Waals surface area contributed by atoms with Crippen LogP contribution in [0.1, 0.15) is 24.5 Å². The van der Waals surface area contributed by atoms with Gasteiger partial charge in [0.2, 0.25) is 0 Å². The van der Waals surface area contributed by atoms with Crippen molar-refractivity contribution in [1.82, 2.24) is 4.98 Å². The van der Waals surface area contributed by atoms with Gasteiger partial charge in [0, 0.05) is 30.1 Å². The molecule has 0 radical (unpaired) electrons. The Morgan fingerprint density at radius 1 is 1.30 bits per heavy atom. The number of hydrogen-bond donors (Lipinski definition) is 1. The third-order valence-electron chi connectivity index (χ3n) is 3.08. The van der Waals surface area contributed by atoms with Gasteiger partial charge in [-0.3, -0.25) is 4.98 Å². The van der Waals surface area contributed by atoms with Gasteiger partial charge in [0.15, 0.2) is 0 Å². The van der Waals surface area contributed by atoms with Crippen LogP contribution in [0, 0.1) is 5.82 Å². The van der Waals surface area contributed by atoms with E-state index in [9.17, 15) is 4.39 Å². The minimum absolute atomic E-state index is 0.0444. The number of benzene rings is 1. The Balaban J connectivity index is 2.04. The normalized spacial score (nSPS) is 12.2. The summed E-state index contributed by atoms with van der Waals surface area (Å²) in [6, 6.07) is 8.54. The molecule has 0 aliphatic carbocycles. The second kappa shape index (κ2) is 7.01. The summed E-state index contributed by atoms with van der Waals surface area (Å²) in [5.74, 6) is 0.221. The summed E-state index contributed by atoms with van der Waals surface area (Å²) in [4.78, 5) is 4.01. The maximum absolute atomic E-state index is 13.6. The molecule has 106 valence electrons. The molecule has 1 heterocycles. The van der Waals surface area contributed by atoms with E-state index in [1.165, 1.54) is 12.1 Å². The maximum atomic E-state index is 13.6. The molecule has 3 nitrogen and oxygen atoms in total. The van der Waals surface area contributed by atoms with E-state index in [4.69, 9.17) is 10.5 Å². The lowest BCUT2D eigenvalue weighted by Gasteiger charge is -2.11. The van der Waals surface area contributed by atoms with E-state index >= 15 is 0 Å². The molecule has 0 aliphatic rings. The average molecular weight is 274 g/mol. The molecule has 0 aliphatic heterocycles. The molecule has 4 heteroatoms. The number of ether oxygens (including phenoxy) is 1. The Morgan fingerprint density at radius 3 is 2.85 bits per heavy atom. The number of rotatable bonds is 6. The predicted molar refractivity (Wildman–Crippen MR) is 76.9 cm³/mol. The van der Waals surface area contributed by atoms with Crippen molar-refractivity contribution in [2.75, 3.05) is 0 Å². The van der Waals surface area contributed by atoms with Crippen molar-refractivity contribution in [2.24, 2.45) is 5.73 Å². The molecule has 1 atom stereocenters. The van der Waals surface area contributed by atoms with Gasteiger partial charge in [-0.15, -0.1) is 0 Å². The molecule has 0 saturated carbocycles. The van der Waals surface area contributed by atoms with Crippen molar-refractivity contribution in [2.45, 2.75) is 32.4 Å². The van der Waals surface area contributed by atoms with Crippen LogP contribution in [0.3, 0.4) is 0 Å². The summed E-state index contributed by atoms with van der Waals surface area (Å²) in [7, 11) is 0. The highest BCUT2D eigenvalue weighted by atomic mass is 19.1. The fourth-order valence-electron chi connectivity index (χ4n) is 1.92. The van der Waals surface area contributed by atoms with Gasteiger partial charge >= 0.3 is 0 Å². The van der Waals surface area contributed by atoms with E-state index in [1.54, 1.807) is 12.4 Å². The zero-order valence-electron chi connectivity index (χ0n) is 11.6. The Bertz CT molecular complexity index is 545. The van der Waals surface area contributed by atoms with Crippen LogP contribution in [-0.4, -0.2) is 11.0 Å². The van der Waals surface area contributed by atoms with Gasteiger partial charge in [0.05, 0.1) is 0 Å². The molecular weight excluding hydrogens is 255 g/mol. The molecular formula is C16H19FN2O. The molecule has 0 bridgehead atoms.